The highest BCUT2D eigenvalue weighted by molar-refractivity contribution is 7.08. The van der Waals surface area contributed by atoms with Crippen molar-refractivity contribution in [2.45, 2.75) is 24.7 Å². The average molecular weight is 164 g/mol. The highest BCUT2D eigenvalue weighted by atomic mass is 32.1. The second-order valence-corrected chi connectivity index (χ2v) is 4.18. The molecule has 2 unspecified atom stereocenters. The molecule has 2 aliphatic carbocycles. The van der Waals surface area contributed by atoms with Gasteiger partial charge in [0.15, 0.2) is 0 Å². The summed E-state index contributed by atoms with van der Waals surface area (Å²) in [5, 5.41) is 4.36. The first-order valence-electron chi connectivity index (χ1n) is 3.95. The molecule has 0 radical (unpaired) electrons. The smallest absolute Gasteiger partial charge is 0.141 e. The highest BCUT2D eigenvalue weighted by Crippen LogP contribution is 2.52. The van der Waals surface area contributed by atoms with Crippen molar-refractivity contribution in [2.24, 2.45) is 0 Å². The molecular formula is C9H8OS. The first-order valence-corrected chi connectivity index (χ1v) is 4.89. The molecule has 1 fully saturated rings. The Hall–Kier alpha value is -0.630. The van der Waals surface area contributed by atoms with E-state index in [2.05, 4.69) is 10.8 Å². The normalized spacial score (nSPS) is 32.9. The maximum Gasteiger partial charge on any atom is 0.141 e. The fourth-order valence-electron chi connectivity index (χ4n) is 2.35. The zero-order valence-electron chi connectivity index (χ0n) is 6.04. The Morgan fingerprint density at radius 1 is 1.36 bits per heavy atom. The van der Waals surface area contributed by atoms with E-state index >= 15 is 0 Å². The molecule has 1 aromatic rings. The molecule has 1 saturated carbocycles. The lowest BCUT2D eigenvalue weighted by molar-refractivity contribution is -0.118. The number of ketones is 1. The summed E-state index contributed by atoms with van der Waals surface area (Å²) in [6.45, 7) is 0. The zero-order chi connectivity index (χ0) is 7.42. The Bertz CT molecular complexity index is 326. The van der Waals surface area contributed by atoms with E-state index < -0.39 is 0 Å². The SMILES string of the molecule is O=C1CC2CC1c1cscc12. The second kappa shape index (κ2) is 1.75. The van der Waals surface area contributed by atoms with Crippen LogP contribution in [0, 0.1) is 0 Å². The van der Waals surface area contributed by atoms with Crippen LogP contribution in [0.15, 0.2) is 10.8 Å². The predicted octanol–water partition coefficient (Wildman–Crippen LogP) is 2.29. The third kappa shape index (κ3) is 0.590. The molecule has 0 amide bonds. The summed E-state index contributed by atoms with van der Waals surface area (Å²) in [6, 6.07) is 0. The summed E-state index contributed by atoms with van der Waals surface area (Å²) in [7, 11) is 0. The molecule has 0 N–H and O–H groups in total. The van der Waals surface area contributed by atoms with E-state index in [1.54, 1.807) is 11.3 Å². The van der Waals surface area contributed by atoms with E-state index in [1.165, 1.54) is 11.1 Å². The average Bonchev–Trinajstić information content (AvgIpc) is 2.52. The molecule has 1 heterocycles. The van der Waals surface area contributed by atoms with Gasteiger partial charge in [-0.1, -0.05) is 0 Å². The third-order valence-corrected chi connectivity index (χ3v) is 3.68. The molecule has 2 bridgehead atoms. The van der Waals surface area contributed by atoms with Crippen molar-refractivity contribution in [2.75, 3.05) is 0 Å². The number of carbonyl (C=O) groups is 1. The van der Waals surface area contributed by atoms with Crippen LogP contribution < -0.4 is 0 Å². The van der Waals surface area contributed by atoms with Gasteiger partial charge in [-0.2, -0.15) is 11.3 Å². The predicted molar refractivity (Wildman–Crippen MR) is 44.0 cm³/mol. The van der Waals surface area contributed by atoms with E-state index in [4.69, 9.17) is 0 Å². The van der Waals surface area contributed by atoms with Crippen molar-refractivity contribution in [1.29, 1.82) is 0 Å². The van der Waals surface area contributed by atoms with E-state index in [1.807, 2.05) is 0 Å². The minimum atomic E-state index is 0.293. The number of thiophene rings is 1. The van der Waals surface area contributed by atoms with Crippen LogP contribution in [0.1, 0.15) is 35.8 Å². The van der Waals surface area contributed by atoms with Crippen LogP contribution in [0.3, 0.4) is 0 Å². The molecule has 0 aliphatic heterocycles. The van der Waals surface area contributed by atoms with Gasteiger partial charge in [0.25, 0.3) is 0 Å². The Labute approximate surface area is 69.0 Å². The monoisotopic (exact) mass is 164 g/mol. The third-order valence-electron chi connectivity index (χ3n) is 2.90. The van der Waals surface area contributed by atoms with Crippen LogP contribution in [-0.4, -0.2) is 5.78 Å². The van der Waals surface area contributed by atoms with Crippen molar-refractivity contribution >= 4 is 17.1 Å². The Balaban J connectivity index is 2.24. The van der Waals surface area contributed by atoms with Crippen LogP contribution in [0.2, 0.25) is 0 Å². The summed E-state index contributed by atoms with van der Waals surface area (Å²) < 4.78 is 0. The van der Waals surface area contributed by atoms with E-state index in [-0.39, 0.29) is 0 Å². The van der Waals surface area contributed by atoms with Crippen LogP contribution in [0.5, 0.6) is 0 Å². The Morgan fingerprint density at radius 2 is 2.18 bits per heavy atom. The standard InChI is InChI=1S/C9H8OS/c10-9-2-5-1-6(9)8-4-11-3-7(5)8/h3-6H,1-2H2. The number of fused-ring (bicyclic) bond motifs is 5. The topological polar surface area (TPSA) is 17.1 Å². The van der Waals surface area contributed by atoms with Crippen molar-refractivity contribution in [3.8, 4) is 0 Å². The van der Waals surface area contributed by atoms with Gasteiger partial charge in [0.1, 0.15) is 5.78 Å². The molecule has 0 spiro atoms. The van der Waals surface area contributed by atoms with Crippen molar-refractivity contribution in [3.63, 3.8) is 0 Å². The summed E-state index contributed by atoms with van der Waals surface area (Å²) in [5.74, 6) is 1.36. The largest absolute Gasteiger partial charge is 0.299 e. The minimum Gasteiger partial charge on any atom is -0.299 e. The fourth-order valence-corrected chi connectivity index (χ4v) is 3.34. The number of hydrogen-bond donors (Lipinski definition) is 0. The van der Waals surface area contributed by atoms with E-state index in [9.17, 15) is 4.79 Å². The van der Waals surface area contributed by atoms with Gasteiger partial charge >= 0.3 is 0 Å². The zero-order valence-corrected chi connectivity index (χ0v) is 6.86. The molecule has 1 aromatic heterocycles. The number of hydrogen-bond acceptors (Lipinski definition) is 2. The minimum absolute atomic E-state index is 0.293. The maximum absolute atomic E-state index is 11.3. The summed E-state index contributed by atoms with van der Waals surface area (Å²) in [4.78, 5) is 11.3. The Kier molecular flexibility index (Phi) is 0.946. The lowest BCUT2D eigenvalue weighted by Gasteiger charge is -2.07. The van der Waals surface area contributed by atoms with Crippen LogP contribution >= 0.6 is 11.3 Å². The maximum atomic E-state index is 11.3. The van der Waals surface area contributed by atoms with Gasteiger partial charge in [0.2, 0.25) is 0 Å². The molecule has 2 heteroatoms. The van der Waals surface area contributed by atoms with Gasteiger partial charge in [0, 0.05) is 12.3 Å². The molecule has 56 valence electrons. The molecular weight excluding hydrogens is 156 g/mol. The molecule has 3 rings (SSSR count). The first-order chi connectivity index (χ1) is 5.36. The fraction of sp³-hybridized carbons (Fsp3) is 0.444. The van der Waals surface area contributed by atoms with Gasteiger partial charge in [0.05, 0.1) is 0 Å². The van der Waals surface area contributed by atoms with E-state index in [0.717, 1.165) is 12.8 Å². The van der Waals surface area contributed by atoms with Crippen LogP contribution in [-0.2, 0) is 4.79 Å². The van der Waals surface area contributed by atoms with Gasteiger partial charge in [-0.05, 0) is 34.2 Å². The quantitative estimate of drug-likeness (QED) is 0.575. The van der Waals surface area contributed by atoms with Crippen molar-refractivity contribution in [3.05, 3.63) is 21.9 Å². The van der Waals surface area contributed by atoms with Gasteiger partial charge in [-0.25, -0.2) is 0 Å². The first kappa shape index (κ1) is 5.95. The number of Topliss-reactive ketones (excluding diaryl/α,β-unsaturated/α-hetero) is 1. The highest BCUT2D eigenvalue weighted by Gasteiger charge is 2.43. The molecule has 2 aliphatic rings. The Morgan fingerprint density at radius 3 is 3.09 bits per heavy atom. The number of carbonyl (C=O) groups excluding carboxylic acids is 1. The van der Waals surface area contributed by atoms with Crippen LogP contribution in [0.25, 0.3) is 0 Å². The number of rotatable bonds is 0. The molecule has 2 atom stereocenters. The second-order valence-electron chi connectivity index (χ2n) is 3.44. The van der Waals surface area contributed by atoms with Crippen molar-refractivity contribution < 1.29 is 4.79 Å². The van der Waals surface area contributed by atoms with Crippen LogP contribution in [0.4, 0.5) is 0 Å². The lowest BCUT2D eigenvalue weighted by atomic mass is 9.95. The lowest BCUT2D eigenvalue weighted by Crippen LogP contribution is -2.06. The molecule has 0 saturated heterocycles. The summed E-state index contributed by atoms with van der Waals surface area (Å²) in [5.41, 5.74) is 2.82. The molecule has 0 aromatic carbocycles. The van der Waals surface area contributed by atoms with Gasteiger partial charge in [-0.15, -0.1) is 0 Å². The van der Waals surface area contributed by atoms with E-state index in [0.29, 0.717) is 17.6 Å². The van der Waals surface area contributed by atoms with Crippen molar-refractivity contribution in [1.82, 2.24) is 0 Å². The summed E-state index contributed by atoms with van der Waals surface area (Å²) >= 11 is 1.74. The summed E-state index contributed by atoms with van der Waals surface area (Å²) in [6.07, 6.45) is 1.92. The van der Waals surface area contributed by atoms with Gasteiger partial charge < -0.3 is 0 Å². The van der Waals surface area contributed by atoms with Gasteiger partial charge in [-0.3, -0.25) is 4.79 Å². The molecule has 11 heavy (non-hydrogen) atoms. The molecule has 1 nitrogen and oxygen atoms in total.